The van der Waals surface area contributed by atoms with Crippen LogP contribution in [0.5, 0.6) is 0 Å². The molecular weight excluding hydrogens is 395 g/mol. The lowest BCUT2D eigenvalue weighted by Gasteiger charge is -2.16. The zero-order valence-electron chi connectivity index (χ0n) is 15.9. The minimum absolute atomic E-state index is 0.0765. The van der Waals surface area contributed by atoms with Crippen LogP contribution in [0.1, 0.15) is 22.8 Å². The van der Waals surface area contributed by atoms with E-state index < -0.39 is 29.7 Å². The number of ether oxygens (including phenoxy) is 1. The Morgan fingerprint density at radius 1 is 0.867 bits per heavy atom. The van der Waals surface area contributed by atoms with Crippen molar-refractivity contribution in [1.82, 2.24) is 0 Å². The van der Waals surface area contributed by atoms with Gasteiger partial charge in [0.15, 0.2) is 6.10 Å². The largest absolute Gasteiger partial charge is 0.449 e. The summed E-state index contributed by atoms with van der Waals surface area (Å²) in [7, 11) is 0. The van der Waals surface area contributed by atoms with E-state index in [4.69, 9.17) is 4.74 Å². The average Bonchev–Trinajstić information content (AvgIpc) is 2.74. The summed E-state index contributed by atoms with van der Waals surface area (Å²) in [6.45, 7) is 1.39. The summed E-state index contributed by atoms with van der Waals surface area (Å²) in [6.07, 6.45) is -5.65. The van der Waals surface area contributed by atoms with Crippen LogP contribution in [0.2, 0.25) is 0 Å². The van der Waals surface area contributed by atoms with Crippen LogP contribution in [0.25, 0.3) is 11.1 Å². The number of anilines is 1. The predicted molar refractivity (Wildman–Crippen MR) is 107 cm³/mol. The molecule has 1 N–H and O–H groups in total. The quantitative estimate of drug-likeness (QED) is 0.558. The Labute approximate surface area is 171 Å². The molecule has 0 fully saturated rings. The van der Waals surface area contributed by atoms with Gasteiger partial charge in [0.1, 0.15) is 0 Å². The van der Waals surface area contributed by atoms with Crippen molar-refractivity contribution in [1.29, 1.82) is 0 Å². The molecule has 0 unspecified atom stereocenters. The van der Waals surface area contributed by atoms with Crippen LogP contribution in [0.15, 0.2) is 78.9 Å². The van der Waals surface area contributed by atoms with E-state index in [9.17, 15) is 22.8 Å². The smallest absolute Gasteiger partial charge is 0.416 e. The molecule has 0 heterocycles. The second-order valence-corrected chi connectivity index (χ2v) is 6.52. The molecule has 0 aliphatic heterocycles. The van der Waals surface area contributed by atoms with Crippen LogP contribution in [-0.4, -0.2) is 18.0 Å². The van der Waals surface area contributed by atoms with Crippen molar-refractivity contribution >= 4 is 17.6 Å². The molecule has 3 aromatic carbocycles. The molecule has 154 valence electrons. The van der Waals surface area contributed by atoms with Gasteiger partial charge in [-0.1, -0.05) is 48.5 Å². The minimum atomic E-state index is -4.50. The fourth-order valence-electron chi connectivity index (χ4n) is 2.77. The molecule has 30 heavy (non-hydrogen) atoms. The standard InChI is InChI=1S/C23H18F3NO3/c1-15(30-22(29)17-11-13-18(14-12-17)23(24,25)26)21(28)27-20-10-6-5-9-19(20)16-7-3-2-4-8-16/h2-15H,1H3,(H,27,28)/t15-/m0/s1. The Morgan fingerprint density at radius 3 is 2.10 bits per heavy atom. The van der Waals surface area contributed by atoms with Gasteiger partial charge in [-0.15, -0.1) is 0 Å². The van der Waals surface area contributed by atoms with E-state index in [0.29, 0.717) is 5.69 Å². The van der Waals surface area contributed by atoms with Crippen molar-refractivity contribution in [3.63, 3.8) is 0 Å². The number of alkyl halides is 3. The highest BCUT2D eigenvalue weighted by atomic mass is 19.4. The summed E-state index contributed by atoms with van der Waals surface area (Å²) in [5, 5.41) is 2.73. The van der Waals surface area contributed by atoms with Crippen molar-refractivity contribution in [2.45, 2.75) is 19.2 Å². The molecule has 1 amide bonds. The van der Waals surface area contributed by atoms with Crippen LogP contribution >= 0.6 is 0 Å². The second kappa shape index (κ2) is 8.82. The normalized spacial score (nSPS) is 12.1. The summed E-state index contributed by atoms with van der Waals surface area (Å²) in [6, 6.07) is 20.2. The predicted octanol–water partition coefficient (Wildman–Crippen LogP) is 5.56. The van der Waals surface area contributed by atoms with Crippen molar-refractivity contribution in [3.05, 3.63) is 90.0 Å². The number of para-hydroxylation sites is 1. The van der Waals surface area contributed by atoms with E-state index >= 15 is 0 Å². The Morgan fingerprint density at radius 2 is 1.47 bits per heavy atom. The zero-order chi connectivity index (χ0) is 21.7. The molecule has 4 nitrogen and oxygen atoms in total. The minimum Gasteiger partial charge on any atom is -0.449 e. The average molecular weight is 413 g/mol. The maximum absolute atomic E-state index is 12.6. The SMILES string of the molecule is C[C@H](OC(=O)c1ccc(C(F)(F)F)cc1)C(=O)Nc1ccccc1-c1ccccc1. The Kier molecular flexibility index (Phi) is 6.20. The monoisotopic (exact) mass is 413 g/mol. The van der Waals surface area contributed by atoms with Gasteiger partial charge >= 0.3 is 12.1 Å². The summed E-state index contributed by atoms with van der Waals surface area (Å²) in [5.41, 5.74) is 1.30. The van der Waals surface area contributed by atoms with Crippen LogP contribution in [0, 0.1) is 0 Å². The highest BCUT2D eigenvalue weighted by Crippen LogP contribution is 2.29. The third-order valence-corrected chi connectivity index (χ3v) is 4.37. The number of benzene rings is 3. The van der Waals surface area contributed by atoms with Crippen LogP contribution in [0.3, 0.4) is 0 Å². The van der Waals surface area contributed by atoms with E-state index in [1.54, 1.807) is 12.1 Å². The maximum Gasteiger partial charge on any atom is 0.416 e. The molecular formula is C23H18F3NO3. The van der Waals surface area contributed by atoms with Gasteiger partial charge in [0.2, 0.25) is 0 Å². The van der Waals surface area contributed by atoms with Crippen molar-refractivity contribution in [2.24, 2.45) is 0 Å². The number of carbonyl (C=O) groups is 2. The molecule has 3 rings (SSSR count). The van der Waals surface area contributed by atoms with E-state index in [0.717, 1.165) is 35.4 Å². The van der Waals surface area contributed by atoms with Crippen molar-refractivity contribution in [3.8, 4) is 11.1 Å². The second-order valence-electron chi connectivity index (χ2n) is 6.52. The molecule has 0 aromatic heterocycles. The van der Waals surface area contributed by atoms with Gasteiger partial charge in [-0.2, -0.15) is 13.2 Å². The third-order valence-electron chi connectivity index (χ3n) is 4.37. The van der Waals surface area contributed by atoms with Crippen LogP contribution in [-0.2, 0) is 15.7 Å². The number of carbonyl (C=O) groups excluding carboxylic acids is 2. The molecule has 0 saturated carbocycles. The Balaban J connectivity index is 1.68. The molecule has 0 radical (unpaired) electrons. The van der Waals surface area contributed by atoms with Crippen molar-refractivity contribution in [2.75, 3.05) is 5.32 Å². The molecule has 0 spiro atoms. The van der Waals surface area contributed by atoms with E-state index in [1.807, 2.05) is 42.5 Å². The first-order chi connectivity index (χ1) is 14.3. The fourth-order valence-corrected chi connectivity index (χ4v) is 2.77. The summed E-state index contributed by atoms with van der Waals surface area (Å²) < 4.78 is 43.0. The molecule has 3 aromatic rings. The van der Waals surface area contributed by atoms with Gasteiger partial charge in [-0.05, 0) is 42.8 Å². The number of rotatable bonds is 5. The van der Waals surface area contributed by atoms with Gasteiger partial charge < -0.3 is 10.1 Å². The lowest BCUT2D eigenvalue weighted by molar-refractivity contribution is -0.137. The lowest BCUT2D eigenvalue weighted by Crippen LogP contribution is -2.30. The first kappa shape index (κ1) is 21.1. The number of hydrogen-bond donors (Lipinski definition) is 1. The van der Waals surface area contributed by atoms with E-state index in [2.05, 4.69) is 5.32 Å². The first-order valence-electron chi connectivity index (χ1n) is 9.09. The Bertz CT molecular complexity index is 1030. The Hall–Kier alpha value is -3.61. The van der Waals surface area contributed by atoms with Crippen LogP contribution < -0.4 is 5.32 Å². The highest BCUT2D eigenvalue weighted by Gasteiger charge is 2.30. The van der Waals surface area contributed by atoms with Gasteiger partial charge in [-0.3, -0.25) is 4.79 Å². The van der Waals surface area contributed by atoms with Gasteiger partial charge in [0.25, 0.3) is 5.91 Å². The molecule has 1 atom stereocenters. The van der Waals surface area contributed by atoms with Crippen molar-refractivity contribution < 1.29 is 27.5 Å². The van der Waals surface area contributed by atoms with Crippen LogP contribution in [0.4, 0.5) is 18.9 Å². The fraction of sp³-hybridized carbons (Fsp3) is 0.130. The summed E-state index contributed by atoms with van der Waals surface area (Å²) >= 11 is 0. The number of amides is 1. The molecule has 7 heteroatoms. The van der Waals surface area contributed by atoms with Gasteiger partial charge in [0, 0.05) is 11.3 Å². The molecule has 0 aliphatic carbocycles. The number of halogens is 3. The topological polar surface area (TPSA) is 55.4 Å². The molecule has 0 saturated heterocycles. The highest BCUT2D eigenvalue weighted by molar-refractivity contribution is 5.99. The molecule has 0 aliphatic rings. The van der Waals surface area contributed by atoms with E-state index in [-0.39, 0.29) is 5.56 Å². The maximum atomic E-state index is 12.6. The first-order valence-corrected chi connectivity index (χ1v) is 9.09. The third kappa shape index (κ3) is 5.05. The number of hydrogen-bond acceptors (Lipinski definition) is 3. The number of esters is 1. The zero-order valence-corrected chi connectivity index (χ0v) is 15.9. The van der Waals surface area contributed by atoms with E-state index in [1.165, 1.54) is 6.92 Å². The number of nitrogens with one attached hydrogen (secondary N) is 1. The van der Waals surface area contributed by atoms with Gasteiger partial charge in [0.05, 0.1) is 11.1 Å². The van der Waals surface area contributed by atoms with Gasteiger partial charge in [-0.25, -0.2) is 4.79 Å². The summed E-state index contributed by atoms with van der Waals surface area (Å²) in [4.78, 5) is 24.7. The summed E-state index contributed by atoms with van der Waals surface area (Å²) in [5.74, 6) is -1.44. The molecule has 0 bridgehead atoms. The lowest BCUT2D eigenvalue weighted by atomic mass is 10.0.